The standard InChI is InChI=1S/C21H28N2O3/c1-3-12-26-20-15-17(5-4-16(20)2)21(24)22-18-6-8-19(9-7-18)23-10-13-25-14-11-23/h1,4-5,15,18-19H,6-14H2,2H3,(H,22,24). The molecule has 1 aromatic carbocycles. The monoisotopic (exact) mass is 356 g/mol. The second-order valence-corrected chi connectivity index (χ2v) is 7.10. The molecule has 0 atom stereocenters. The Bertz CT molecular complexity index is 654. The van der Waals surface area contributed by atoms with Crippen LogP contribution in [0, 0.1) is 19.3 Å². The van der Waals surface area contributed by atoms with Crippen LogP contribution in [0.25, 0.3) is 0 Å². The van der Waals surface area contributed by atoms with Gasteiger partial charge in [0.25, 0.3) is 5.91 Å². The van der Waals surface area contributed by atoms with Crippen LogP contribution in [0.5, 0.6) is 5.75 Å². The number of benzene rings is 1. The molecule has 26 heavy (non-hydrogen) atoms. The molecule has 2 fully saturated rings. The highest BCUT2D eigenvalue weighted by Gasteiger charge is 2.27. The SMILES string of the molecule is C#CCOc1cc(C(=O)NC2CCC(N3CCOCC3)CC2)ccc1C. The number of amides is 1. The Morgan fingerprint density at radius 3 is 2.73 bits per heavy atom. The molecule has 1 heterocycles. The van der Waals surface area contributed by atoms with Crippen LogP contribution in [-0.4, -0.2) is 55.8 Å². The van der Waals surface area contributed by atoms with Gasteiger partial charge in [0, 0.05) is 30.7 Å². The molecular formula is C21H28N2O3. The normalized spacial score (nSPS) is 23.8. The molecule has 2 aliphatic rings. The minimum Gasteiger partial charge on any atom is -0.481 e. The van der Waals surface area contributed by atoms with Crippen molar-refractivity contribution in [3.63, 3.8) is 0 Å². The quantitative estimate of drug-likeness (QED) is 0.823. The lowest BCUT2D eigenvalue weighted by Crippen LogP contribution is -2.47. The van der Waals surface area contributed by atoms with Crippen LogP contribution in [0.3, 0.4) is 0 Å². The third kappa shape index (κ3) is 4.78. The maximum atomic E-state index is 12.6. The maximum absolute atomic E-state index is 12.6. The van der Waals surface area contributed by atoms with Crippen molar-refractivity contribution in [2.75, 3.05) is 32.9 Å². The number of rotatable bonds is 5. The molecule has 140 valence electrons. The van der Waals surface area contributed by atoms with E-state index in [9.17, 15) is 4.79 Å². The van der Waals surface area contributed by atoms with Gasteiger partial charge < -0.3 is 14.8 Å². The summed E-state index contributed by atoms with van der Waals surface area (Å²) in [5.41, 5.74) is 1.60. The van der Waals surface area contributed by atoms with Crippen molar-refractivity contribution >= 4 is 5.91 Å². The van der Waals surface area contributed by atoms with Crippen molar-refractivity contribution in [3.05, 3.63) is 29.3 Å². The number of nitrogens with one attached hydrogen (secondary N) is 1. The summed E-state index contributed by atoms with van der Waals surface area (Å²) in [5, 5.41) is 3.18. The molecule has 0 unspecified atom stereocenters. The fourth-order valence-corrected chi connectivity index (χ4v) is 3.81. The largest absolute Gasteiger partial charge is 0.481 e. The van der Waals surface area contributed by atoms with E-state index in [0.717, 1.165) is 57.6 Å². The van der Waals surface area contributed by atoms with Crippen LogP contribution in [0.4, 0.5) is 0 Å². The number of nitrogens with zero attached hydrogens (tertiary/aromatic N) is 1. The predicted octanol–water partition coefficient (Wildman–Crippen LogP) is 2.38. The second kappa shape index (κ2) is 9.07. The summed E-state index contributed by atoms with van der Waals surface area (Å²) >= 11 is 0. The van der Waals surface area contributed by atoms with Crippen molar-refractivity contribution in [1.82, 2.24) is 10.2 Å². The molecule has 1 saturated heterocycles. The van der Waals surface area contributed by atoms with Crippen LogP contribution in [0.1, 0.15) is 41.6 Å². The van der Waals surface area contributed by atoms with Gasteiger partial charge in [0.05, 0.1) is 13.2 Å². The number of hydrogen-bond acceptors (Lipinski definition) is 4. The maximum Gasteiger partial charge on any atom is 0.251 e. The third-order valence-corrected chi connectivity index (χ3v) is 5.36. The molecule has 5 nitrogen and oxygen atoms in total. The number of carbonyl (C=O) groups excluding carboxylic acids is 1. The Labute approximate surface area is 156 Å². The van der Waals surface area contributed by atoms with E-state index in [4.69, 9.17) is 15.9 Å². The molecule has 3 rings (SSSR count). The van der Waals surface area contributed by atoms with Crippen LogP contribution < -0.4 is 10.1 Å². The minimum atomic E-state index is -0.0367. The zero-order valence-corrected chi connectivity index (χ0v) is 15.5. The highest BCUT2D eigenvalue weighted by Crippen LogP contribution is 2.25. The summed E-state index contributed by atoms with van der Waals surface area (Å²) in [5.74, 6) is 3.09. The Kier molecular flexibility index (Phi) is 6.54. The van der Waals surface area contributed by atoms with Gasteiger partial charge in [0.15, 0.2) is 0 Å². The molecule has 5 heteroatoms. The van der Waals surface area contributed by atoms with E-state index in [1.54, 1.807) is 6.07 Å². The average molecular weight is 356 g/mol. The molecular weight excluding hydrogens is 328 g/mol. The first-order valence-electron chi connectivity index (χ1n) is 9.47. The lowest BCUT2D eigenvalue weighted by atomic mass is 9.89. The van der Waals surface area contributed by atoms with E-state index in [1.165, 1.54) is 0 Å². The third-order valence-electron chi connectivity index (χ3n) is 5.36. The lowest BCUT2D eigenvalue weighted by molar-refractivity contribution is 0.00664. The number of aryl methyl sites for hydroxylation is 1. The molecule has 0 bridgehead atoms. The topological polar surface area (TPSA) is 50.8 Å². The van der Waals surface area contributed by atoms with E-state index in [1.807, 2.05) is 19.1 Å². The van der Waals surface area contributed by atoms with Gasteiger partial charge >= 0.3 is 0 Å². The highest BCUT2D eigenvalue weighted by molar-refractivity contribution is 5.94. The number of hydrogen-bond donors (Lipinski definition) is 1. The summed E-state index contributed by atoms with van der Waals surface area (Å²) < 4.78 is 11.0. The number of carbonyl (C=O) groups is 1. The molecule has 1 aliphatic heterocycles. The van der Waals surface area contributed by atoms with Gasteiger partial charge in [-0.2, -0.15) is 0 Å². The van der Waals surface area contributed by atoms with Crippen molar-refractivity contribution in [3.8, 4) is 18.1 Å². The Balaban J connectivity index is 1.52. The molecule has 1 saturated carbocycles. The van der Waals surface area contributed by atoms with Crippen molar-refractivity contribution in [2.45, 2.75) is 44.7 Å². The first-order chi connectivity index (χ1) is 12.7. The van der Waals surface area contributed by atoms with E-state index in [-0.39, 0.29) is 18.6 Å². The molecule has 1 aliphatic carbocycles. The number of terminal acetylenes is 1. The number of morpholine rings is 1. The van der Waals surface area contributed by atoms with E-state index in [0.29, 0.717) is 17.4 Å². The van der Waals surface area contributed by atoms with Gasteiger partial charge in [0.1, 0.15) is 12.4 Å². The van der Waals surface area contributed by atoms with Gasteiger partial charge in [-0.15, -0.1) is 6.42 Å². The van der Waals surface area contributed by atoms with Gasteiger partial charge in [-0.05, 0) is 50.3 Å². The molecule has 1 aromatic rings. The minimum absolute atomic E-state index is 0.0367. The fourth-order valence-electron chi connectivity index (χ4n) is 3.81. The van der Waals surface area contributed by atoms with Crippen molar-refractivity contribution in [2.24, 2.45) is 0 Å². The van der Waals surface area contributed by atoms with E-state index < -0.39 is 0 Å². The zero-order valence-electron chi connectivity index (χ0n) is 15.5. The molecule has 0 spiro atoms. The highest BCUT2D eigenvalue weighted by atomic mass is 16.5. The van der Waals surface area contributed by atoms with Crippen LogP contribution in [0.15, 0.2) is 18.2 Å². The molecule has 0 radical (unpaired) electrons. The predicted molar refractivity (Wildman–Crippen MR) is 101 cm³/mol. The van der Waals surface area contributed by atoms with Gasteiger partial charge in [-0.25, -0.2) is 0 Å². The van der Waals surface area contributed by atoms with Gasteiger partial charge in [-0.3, -0.25) is 9.69 Å². The summed E-state index contributed by atoms with van der Waals surface area (Å²) in [6.07, 6.45) is 9.57. The molecule has 1 amide bonds. The molecule has 1 N–H and O–H groups in total. The van der Waals surface area contributed by atoms with Gasteiger partial charge in [-0.1, -0.05) is 12.0 Å². The average Bonchev–Trinajstić information content (AvgIpc) is 2.68. The summed E-state index contributed by atoms with van der Waals surface area (Å²) in [6, 6.07) is 6.40. The summed E-state index contributed by atoms with van der Waals surface area (Å²) in [7, 11) is 0. The smallest absolute Gasteiger partial charge is 0.251 e. The Morgan fingerprint density at radius 1 is 1.31 bits per heavy atom. The van der Waals surface area contributed by atoms with Crippen molar-refractivity contribution < 1.29 is 14.3 Å². The summed E-state index contributed by atoms with van der Waals surface area (Å²) in [4.78, 5) is 15.1. The zero-order chi connectivity index (χ0) is 18.4. The fraction of sp³-hybridized carbons (Fsp3) is 0.571. The van der Waals surface area contributed by atoms with Gasteiger partial charge in [0.2, 0.25) is 0 Å². The first kappa shape index (κ1) is 18.8. The van der Waals surface area contributed by atoms with E-state index in [2.05, 4.69) is 16.1 Å². The van der Waals surface area contributed by atoms with Crippen LogP contribution in [-0.2, 0) is 4.74 Å². The lowest BCUT2D eigenvalue weighted by Gasteiger charge is -2.38. The Hall–Kier alpha value is -2.03. The Morgan fingerprint density at radius 2 is 2.04 bits per heavy atom. The summed E-state index contributed by atoms with van der Waals surface area (Å²) in [6.45, 7) is 5.90. The van der Waals surface area contributed by atoms with Crippen LogP contribution in [0.2, 0.25) is 0 Å². The van der Waals surface area contributed by atoms with Crippen molar-refractivity contribution in [1.29, 1.82) is 0 Å². The first-order valence-corrected chi connectivity index (χ1v) is 9.47. The van der Waals surface area contributed by atoms with E-state index >= 15 is 0 Å². The molecule has 0 aromatic heterocycles. The second-order valence-electron chi connectivity index (χ2n) is 7.10. The number of ether oxygens (including phenoxy) is 2. The van der Waals surface area contributed by atoms with Crippen LogP contribution >= 0.6 is 0 Å².